The molecule has 1 fully saturated rings. The van der Waals surface area contributed by atoms with Crippen LogP contribution < -0.4 is 10.2 Å². The van der Waals surface area contributed by atoms with Crippen molar-refractivity contribution in [2.24, 2.45) is 0 Å². The van der Waals surface area contributed by atoms with E-state index in [2.05, 4.69) is 20.5 Å². The molecule has 2 aromatic heterocycles. The number of pyridine rings is 1. The van der Waals surface area contributed by atoms with E-state index < -0.39 is 23.9 Å². The van der Waals surface area contributed by atoms with Gasteiger partial charge in [0.2, 0.25) is 5.89 Å². The minimum atomic E-state index is -2.87. The van der Waals surface area contributed by atoms with Crippen LogP contribution in [0.5, 0.6) is 0 Å². The first-order valence-electron chi connectivity index (χ1n) is 11.3. The minimum absolute atomic E-state index is 0.00597. The Balaban J connectivity index is 1.50. The SMILES string of the molecule is CC(F)(CNC1CCOCC1)C(=O)N(Cc1ccc(-c2nnc(C(F)F)o2)cn1)c1ccccc1. The number of aromatic nitrogens is 3. The van der Waals surface area contributed by atoms with Crippen LogP contribution in [-0.2, 0) is 16.1 Å². The molecule has 4 rings (SSSR count). The summed E-state index contributed by atoms with van der Waals surface area (Å²) in [4.78, 5) is 19.0. The van der Waals surface area contributed by atoms with Crippen molar-refractivity contribution in [3.63, 3.8) is 0 Å². The zero-order valence-corrected chi connectivity index (χ0v) is 19.2. The number of para-hydroxylation sites is 1. The number of nitrogens with one attached hydrogen (secondary N) is 1. The number of halogens is 3. The molecule has 1 amide bonds. The summed E-state index contributed by atoms with van der Waals surface area (Å²) in [5, 5.41) is 10.1. The topological polar surface area (TPSA) is 93.4 Å². The molecule has 1 atom stereocenters. The van der Waals surface area contributed by atoms with Crippen LogP contribution in [0, 0.1) is 0 Å². The Morgan fingerprint density at radius 3 is 2.54 bits per heavy atom. The highest BCUT2D eigenvalue weighted by Gasteiger charge is 2.38. The van der Waals surface area contributed by atoms with Gasteiger partial charge in [-0.25, -0.2) is 4.39 Å². The van der Waals surface area contributed by atoms with Crippen LogP contribution in [0.3, 0.4) is 0 Å². The van der Waals surface area contributed by atoms with Gasteiger partial charge in [0.05, 0.1) is 17.8 Å². The number of ether oxygens (including phenoxy) is 1. The molecule has 3 aromatic rings. The first-order chi connectivity index (χ1) is 16.8. The van der Waals surface area contributed by atoms with Gasteiger partial charge in [0.1, 0.15) is 0 Å². The molecule has 8 nitrogen and oxygen atoms in total. The third kappa shape index (κ3) is 6.23. The van der Waals surface area contributed by atoms with Crippen molar-refractivity contribution in [1.82, 2.24) is 20.5 Å². The number of anilines is 1. The summed E-state index contributed by atoms with van der Waals surface area (Å²) in [6, 6.07) is 12.0. The Morgan fingerprint density at radius 1 is 1.17 bits per heavy atom. The molecular formula is C24H26F3N5O3. The van der Waals surface area contributed by atoms with Gasteiger partial charge in [0, 0.05) is 37.7 Å². The first kappa shape index (κ1) is 24.8. The molecule has 11 heteroatoms. The Hall–Kier alpha value is -3.31. The van der Waals surface area contributed by atoms with Crippen LogP contribution in [0.2, 0.25) is 0 Å². The summed E-state index contributed by atoms with van der Waals surface area (Å²) in [6.07, 6.45) is 0.0429. The number of rotatable bonds is 9. The molecule has 1 aromatic carbocycles. The van der Waals surface area contributed by atoms with E-state index in [0.717, 1.165) is 12.8 Å². The monoisotopic (exact) mass is 489 g/mol. The van der Waals surface area contributed by atoms with Gasteiger partial charge in [0.25, 0.3) is 11.8 Å². The van der Waals surface area contributed by atoms with Gasteiger partial charge >= 0.3 is 6.43 Å². The summed E-state index contributed by atoms with van der Waals surface area (Å²) in [5.41, 5.74) is -0.824. The van der Waals surface area contributed by atoms with Crippen molar-refractivity contribution in [2.45, 2.75) is 44.4 Å². The molecule has 3 heterocycles. The molecule has 0 spiro atoms. The zero-order valence-electron chi connectivity index (χ0n) is 19.2. The van der Waals surface area contributed by atoms with E-state index in [-0.39, 0.29) is 25.0 Å². The quantitative estimate of drug-likeness (QED) is 0.484. The van der Waals surface area contributed by atoms with E-state index in [0.29, 0.717) is 30.2 Å². The van der Waals surface area contributed by atoms with Crippen molar-refractivity contribution in [3.05, 3.63) is 60.2 Å². The fraction of sp³-hybridized carbons (Fsp3) is 0.417. The Labute approximate surface area is 200 Å². The van der Waals surface area contributed by atoms with Crippen LogP contribution in [0.15, 0.2) is 53.1 Å². The summed E-state index contributed by atoms with van der Waals surface area (Å²) in [6.45, 7) is 2.37. The molecule has 0 radical (unpaired) electrons. The summed E-state index contributed by atoms with van der Waals surface area (Å²) in [7, 11) is 0. The zero-order chi connectivity index (χ0) is 24.8. The second-order valence-corrected chi connectivity index (χ2v) is 8.48. The number of carbonyl (C=O) groups excluding carboxylic acids is 1. The number of benzene rings is 1. The molecule has 0 saturated carbocycles. The standard InChI is InChI=1S/C24H26F3N5O3/c1-24(27,15-29-17-9-11-34-12-10-17)23(33)32(19-5-3-2-4-6-19)14-18-8-7-16(13-28-18)21-30-31-22(35-21)20(25)26/h2-8,13,17,20,29H,9-12,14-15H2,1H3. The highest BCUT2D eigenvalue weighted by Crippen LogP contribution is 2.25. The van der Waals surface area contributed by atoms with Crippen molar-refractivity contribution in [1.29, 1.82) is 0 Å². The maximum atomic E-state index is 15.6. The maximum Gasteiger partial charge on any atom is 0.314 e. The van der Waals surface area contributed by atoms with Gasteiger partial charge < -0.3 is 19.4 Å². The van der Waals surface area contributed by atoms with Crippen molar-refractivity contribution >= 4 is 11.6 Å². The number of hydrogen-bond donors (Lipinski definition) is 1. The van der Waals surface area contributed by atoms with E-state index in [1.165, 1.54) is 18.0 Å². The minimum Gasteiger partial charge on any atom is -0.415 e. The van der Waals surface area contributed by atoms with Gasteiger partial charge in [-0.2, -0.15) is 8.78 Å². The van der Waals surface area contributed by atoms with Gasteiger partial charge in [-0.15, -0.1) is 10.2 Å². The van der Waals surface area contributed by atoms with Crippen LogP contribution in [0.4, 0.5) is 18.9 Å². The second-order valence-electron chi connectivity index (χ2n) is 8.48. The van der Waals surface area contributed by atoms with Gasteiger partial charge in [-0.1, -0.05) is 18.2 Å². The highest BCUT2D eigenvalue weighted by atomic mass is 19.3. The second kappa shape index (κ2) is 11.0. The molecule has 1 N–H and O–H groups in total. The lowest BCUT2D eigenvalue weighted by molar-refractivity contribution is -0.129. The highest BCUT2D eigenvalue weighted by molar-refractivity contribution is 5.99. The fourth-order valence-corrected chi connectivity index (χ4v) is 3.73. The van der Waals surface area contributed by atoms with E-state index in [1.807, 2.05) is 0 Å². The molecule has 35 heavy (non-hydrogen) atoms. The molecular weight excluding hydrogens is 463 g/mol. The number of alkyl halides is 3. The van der Waals surface area contributed by atoms with Crippen LogP contribution in [-0.4, -0.2) is 52.6 Å². The normalized spacial score (nSPS) is 16.3. The maximum absolute atomic E-state index is 15.6. The van der Waals surface area contributed by atoms with Gasteiger partial charge in [-0.3, -0.25) is 9.78 Å². The molecule has 1 saturated heterocycles. The van der Waals surface area contributed by atoms with E-state index in [9.17, 15) is 13.6 Å². The fourth-order valence-electron chi connectivity index (χ4n) is 3.73. The molecule has 0 aliphatic carbocycles. The van der Waals surface area contributed by atoms with Gasteiger partial charge in [0.15, 0.2) is 5.67 Å². The largest absolute Gasteiger partial charge is 0.415 e. The number of hydrogen-bond acceptors (Lipinski definition) is 7. The lowest BCUT2D eigenvalue weighted by Crippen LogP contribution is -2.52. The predicted molar refractivity (Wildman–Crippen MR) is 121 cm³/mol. The molecule has 1 unspecified atom stereocenters. The average Bonchev–Trinajstić information content (AvgIpc) is 3.38. The predicted octanol–water partition coefficient (Wildman–Crippen LogP) is 4.10. The van der Waals surface area contributed by atoms with E-state index in [4.69, 9.17) is 9.15 Å². The van der Waals surface area contributed by atoms with Crippen molar-refractivity contribution in [2.75, 3.05) is 24.7 Å². The van der Waals surface area contributed by atoms with Crippen LogP contribution in [0.25, 0.3) is 11.5 Å². The number of amides is 1. The summed E-state index contributed by atoms with van der Waals surface area (Å²) in [5.74, 6) is -1.57. The summed E-state index contributed by atoms with van der Waals surface area (Å²) >= 11 is 0. The number of carbonyl (C=O) groups is 1. The summed E-state index contributed by atoms with van der Waals surface area (Å²) < 4.78 is 51.3. The van der Waals surface area contributed by atoms with Crippen molar-refractivity contribution in [3.8, 4) is 11.5 Å². The molecule has 1 aliphatic rings. The van der Waals surface area contributed by atoms with E-state index >= 15 is 4.39 Å². The Bertz CT molecular complexity index is 1100. The smallest absolute Gasteiger partial charge is 0.314 e. The molecule has 0 bridgehead atoms. The van der Waals surface area contributed by atoms with Gasteiger partial charge in [-0.05, 0) is 44.0 Å². The Kier molecular flexibility index (Phi) is 7.76. The van der Waals surface area contributed by atoms with Crippen LogP contribution >= 0.6 is 0 Å². The lowest BCUT2D eigenvalue weighted by Gasteiger charge is -2.31. The lowest BCUT2D eigenvalue weighted by atomic mass is 10.0. The third-order valence-electron chi connectivity index (χ3n) is 5.72. The molecule has 186 valence electrons. The van der Waals surface area contributed by atoms with Crippen molar-refractivity contribution < 1.29 is 27.1 Å². The van der Waals surface area contributed by atoms with Crippen LogP contribution in [0.1, 0.15) is 37.8 Å². The first-order valence-corrected chi connectivity index (χ1v) is 11.3. The third-order valence-corrected chi connectivity index (χ3v) is 5.72. The van der Waals surface area contributed by atoms with E-state index in [1.54, 1.807) is 42.5 Å². The number of nitrogens with zero attached hydrogens (tertiary/aromatic N) is 4. The average molecular weight is 489 g/mol. The Morgan fingerprint density at radius 2 is 1.91 bits per heavy atom. The molecule has 1 aliphatic heterocycles.